The number of nitrogens with zero attached hydrogens (tertiary/aromatic N) is 1. The molecule has 0 amide bonds. The summed E-state index contributed by atoms with van der Waals surface area (Å²) in [5.74, 6) is 0. The van der Waals surface area contributed by atoms with E-state index in [2.05, 4.69) is 0 Å². The van der Waals surface area contributed by atoms with Crippen LogP contribution in [0.15, 0.2) is 24.3 Å². The van der Waals surface area contributed by atoms with Crippen LogP contribution in [0.25, 0.3) is 0 Å². The van der Waals surface area contributed by atoms with Gasteiger partial charge in [-0.2, -0.15) is 18.4 Å². The van der Waals surface area contributed by atoms with Crippen molar-refractivity contribution in [3.8, 4) is 6.07 Å². The highest BCUT2D eigenvalue weighted by Gasteiger charge is 2.38. The van der Waals surface area contributed by atoms with Gasteiger partial charge in [0.1, 0.15) is 6.04 Å². The lowest BCUT2D eigenvalue weighted by atomic mass is 9.99. The van der Waals surface area contributed by atoms with Crippen LogP contribution in [0.1, 0.15) is 17.2 Å². The van der Waals surface area contributed by atoms with Gasteiger partial charge in [0.2, 0.25) is 0 Å². The van der Waals surface area contributed by atoms with E-state index in [1.165, 1.54) is 18.2 Å². The zero-order valence-corrected chi connectivity index (χ0v) is 7.75. The molecule has 2 N–H and O–H groups in total. The van der Waals surface area contributed by atoms with Gasteiger partial charge in [-0.05, 0) is 11.1 Å². The van der Waals surface area contributed by atoms with Gasteiger partial charge >= 0.3 is 6.18 Å². The van der Waals surface area contributed by atoms with E-state index in [0.717, 1.165) is 0 Å². The summed E-state index contributed by atoms with van der Waals surface area (Å²) in [4.78, 5) is 0. The van der Waals surface area contributed by atoms with Crippen LogP contribution in [0.5, 0.6) is 0 Å². The van der Waals surface area contributed by atoms with Crippen LogP contribution in [0.4, 0.5) is 13.2 Å². The first-order chi connectivity index (χ1) is 6.96. The second kappa shape index (κ2) is 4.32. The molecule has 1 rings (SSSR count). The number of hydrogen-bond acceptors (Lipinski definition) is 2. The van der Waals surface area contributed by atoms with Crippen LogP contribution in [-0.4, -0.2) is 6.18 Å². The number of halogens is 3. The van der Waals surface area contributed by atoms with Crippen molar-refractivity contribution >= 4 is 0 Å². The number of nitriles is 1. The minimum atomic E-state index is -4.48. The number of benzene rings is 1. The topological polar surface area (TPSA) is 49.8 Å². The summed E-state index contributed by atoms with van der Waals surface area (Å²) in [6.07, 6.45) is -4.55. The molecule has 0 saturated heterocycles. The molecule has 0 heterocycles. The number of alkyl halides is 3. The maximum Gasteiger partial charge on any atom is 0.407 e. The second-order valence-electron chi connectivity index (χ2n) is 3.05. The van der Waals surface area contributed by atoms with Crippen LogP contribution in [-0.2, 0) is 6.42 Å². The Labute approximate surface area is 85.1 Å². The van der Waals surface area contributed by atoms with Crippen molar-refractivity contribution < 1.29 is 13.2 Å². The Hall–Kier alpha value is -1.54. The predicted octanol–water partition coefficient (Wildman–Crippen LogP) is 2.31. The van der Waals surface area contributed by atoms with E-state index >= 15 is 0 Å². The quantitative estimate of drug-likeness (QED) is 0.821. The molecule has 0 aromatic heterocycles. The minimum Gasteiger partial charge on any atom is -0.316 e. The van der Waals surface area contributed by atoms with Crippen LogP contribution in [0.3, 0.4) is 0 Å². The summed E-state index contributed by atoms with van der Waals surface area (Å²) in [7, 11) is 0. The van der Waals surface area contributed by atoms with E-state index in [1.54, 1.807) is 6.07 Å². The van der Waals surface area contributed by atoms with Gasteiger partial charge in [0.15, 0.2) is 0 Å². The van der Waals surface area contributed by atoms with Crippen molar-refractivity contribution in [1.29, 1.82) is 5.26 Å². The van der Waals surface area contributed by atoms with Gasteiger partial charge in [-0.3, -0.25) is 0 Å². The second-order valence-corrected chi connectivity index (χ2v) is 3.05. The summed E-state index contributed by atoms with van der Waals surface area (Å²) >= 11 is 0. The lowest BCUT2D eigenvalue weighted by Crippen LogP contribution is -2.29. The molecule has 0 bridgehead atoms. The van der Waals surface area contributed by atoms with Crippen LogP contribution in [0.2, 0.25) is 0 Å². The van der Waals surface area contributed by atoms with Crippen molar-refractivity contribution in [2.75, 3.05) is 0 Å². The molecule has 0 aliphatic heterocycles. The third-order valence-corrected chi connectivity index (χ3v) is 2.01. The number of rotatable bonds is 2. The first kappa shape index (κ1) is 11.5. The van der Waals surface area contributed by atoms with Crippen molar-refractivity contribution in [2.45, 2.75) is 18.6 Å². The maximum absolute atomic E-state index is 12.3. The Kier molecular flexibility index (Phi) is 3.32. The Morgan fingerprint density at radius 3 is 2.47 bits per heavy atom. The summed E-state index contributed by atoms with van der Waals surface area (Å²) < 4.78 is 37.0. The Morgan fingerprint density at radius 2 is 1.93 bits per heavy atom. The number of nitrogens with two attached hydrogens (primary N) is 1. The molecule has 0 aliphatic carbocycles. The van der Waals surface area contributed by atoms with E-state index in [0.29, 0.717) is 5.56 Å². The molecule has 0 unspecified atom stereocenters. The van der Waals surface area contributed by atoms with Gasteiger partial charge in [-0.1, -0.05) is 24.3 Å². The molecule has 0 aliphatic rings. The zero-order valence-electron chi connectivity index (χ0n) is 7.75. The highest BCUT2D eigenvalue weighted by Crippen LogP contribution is 2.32. The molecule has 15 heavy (non-hydrogen) atoms. The summed E-state index contributed by atoms with van der Waals surface area (Å²) in [5.41, 5.74) is 5.36. The largest absolute Gasteiger partial charge is 0.407 e. The van der Waals surface area contributed by atoms with Gasteiger partial charge in [0.25, 0.3) is 0 Å². The fourth-order valence-electron chi connectivity index (χ4n) is 1.26. The van der Waals surface area contributed by atoms with Crippen molar-refractivity contribution in [1.82, 2.24) is 0 Å². The number of hydrogen-bond donors (Lipinski definition) is 1. The fraction of sp³-hybridized carbons (Fsp3) is 0.300. The Bertz CT molecular complexity index is 379. The summed E-state index contributed by atoms with van der Waals surface area (Å²) in [6.45, 7) is 0. The van der Waals surface area contributed by atoms with E-state index < -0.39 is 12.2 Å². The summed E-state index contributed by atoms with van der Waals surface area (Å²) in [5, 5.41) is 8.46. The maximum atomic E-state index is 12.3. The highest BCUT2D eigenvalue weighted by atomic mass is 19.4. The van der Waals surface area contributed by atoms with Crippen LogP contribution in [0, 0.1) is 11.3 Å². The average Bonchev–Trinajstić information content (AvgIpc) is 2.17. The molecule has 5 heteroatoms. The fourth-order valence-corrected chi connectivity index (χ4v) is 1.26. The first-order valence-electron chi connectivity index (χ1n) is 4.24. The molecule has 0 spiro atoms. The van der Waals surface area contributed by atoms with Gasteiger partial charge in [0, 0.05) is 0 Å². The standard InChI is InChI=1S/C10H9F3N2/c11-10(12,13)9(15)8-4-2-1-3-7(8)5-6-14/h1-4,9H,5,15H2/t9-/m0/s1. The lowest BCUT2D eigenvalue weighted by molar-refractivity contribution is -0.149. The van der Waals surface area contributed by atoms with E-state index in [9.17, 15) is 13.2 Å². The van der Waals surface area contributed by atoms with Crippen LogP contribution >= 0.6 is 0 Å². The Morgan fingerprint density at radius 1 is 1.33 bits per heavy atom. The van der Waals surface area contributed by atoms with E-state index in [1.807, 2.05) is 6.07 Å². The van der Waals surface area contributed by atoms with E-state index in [4.69, 9.17) is 11.0 Å². The monoisotopic (exact) mass is 214 g/mol. The average molecular weight is 214 g/mol. The van der Waals surface area contributed by atoms with Gasteiger partial charge in [-0.15, -0.1) is 0 Å². The molecule has 0 fully saturated rings. The van der Waals surface area contributed by atoms with Gasteiger partial charge in [0.05, 0.1) is 12.5 Å². The first-order valence-corrected chi connectivity index (χ1v) is 4.24. The van der Waals surface area contributed by atoms with Crippen LogP contribution < -0.4 is 5.73 Å². The smallest absolute Gasteiger partial charge is 0.316 e. The molecular formula is C10H9F3N2. The zero-order chi connectivity index (χ0) is 11.5. The van der Waals surface area contributed by atoms with Crippen molar-refractivity contribution in [2.24, 2.45) is 5.73 Å². The molecule has 80 valence electrons. The molecule has 1 atom stereocenters. The highest BCUT2D eigenvalue weighted by molar-refractivity contribution is 5.32. The Balaban J connectivity index is 3.09. The normalized spacial score (nSPS) is 13.3. The predicted molar refractivity (Wildman–Crippen MR) is 48.7 cm³/mol. The molecule has 0 saturated carbocycles. The third kappa shape index (κ3) is 2.70. The molecular weight excluding hydrogens is 205 g/mol. The van der Waals surface area contributed by atoms with Crippen molar-refractivity contribution in [3.63, 3.8) is 0 Å². The van der Waals surface area contributed by atoms with Gasteiger partial charge < -0.3 is 5.73 Å². The third-order valence-electron chi connectivity index (χ3n) is 2.01. The summed E-state index contributed by atoms with van der Waals surface area (Å²) in [6, 6.07) is 5.61. The van der Waals surface area contributed by atoms with Crippen molar-refractivity contribution in [3.05, 3.63) is 35.4 Å². The minimum absolute atomic E-state index is 0.0356. The lowest BCUT2D eigenvalue weighted by Gasteiger charge is -2.18. The molecule has 0 radical (unpaired) electrons. The van der Waals surface area contributed by atoms with E-state index in [-0.39, 0.29) is 12.0 Å². The molecule has 2 nitrogen and oxygen atoms in total. The molecule has 1 aromatic carbocycles. The SMILES string of the molecule is N#CCc1ccccc1[C@H](N)C(F)(F)F. The van der Waals surface area contributed by atoms with Gasteiger partial charge in [-0.25, -0.2) is 0 Å². The molecule has 1 aromatic rings.